The van der Waals surface area contributed by atoms with Crippen molar-refractivity contribution in [2.45, 2.75) is 36.6 Å². The minimum absolute atomic E-state index is 0.0443. The van der Waals surface area contributed by atoms with E-state index in [1.54, 1.807) is 36.9 Å². The van der Waals surface area contributed by atoms with Gasteiger partial charge in [-0.3, -0.25) is 14.6 Å². The van der Waals surface area contributed by atoms with Crippen LogP contribution < -0.4 is 10.7 Å². The summed E-state index contributed by atoms with van der Waals surface area (Å²) in [6.45, 7) is 3.72. The molecule has 1 N–H and O–H groups in total. The van der Waals surface area contributed by atoms with Crippen LogP contribution in [0, 0.1) is 6.92 Å². The summed E-state index contributed by atoms with van der Waals surface area (Å²) in [5, 5.41) is 2.41. The monoisotopic (exact) mass is 459 g/mol. The molecule has 0 unspecified atom stereocenters. The van der Waals surface area contributed by atoms with Crippen molar-refractivity contribution in [2.24, 2.45) is 0 Å². The molecule has 0 aliphatic carbocycles. The molecule has 4 rings (SSSR count). The first kappa shape index (κ1) is 22.1. The smallest absolute Gasteiger partial charge is 0.352 e. The molecule has 5 nitrogen and oxygen atoms in total. The number of amides is 1. The van der Waals surface area contributed by atoms with Gasteiger partial charge in [0.2, 0.25) is 0 Å². The summed E-state index contributed by atoms with van der Waals surface area (Å²) in [5.74, 6) is -0.536. The number of halogens is 3. The second-order valence-electron chi connectivity index (χ2n) is 7.44. The Bertz CT molecular complexity index is 1240. The Morgan fingerprint density at radius 2 is 2.06 bits per heavy atom. The van der Waals surface area contributed by atoms with Gasteiger partial charge in [0.05, 0.1) is 11.3 Å². The van der Waals surface area contributed by atoms with E-state index >= 15 is 0 Å². The number of nitrogens with one attached hydrogen (secondary N) is 1. The second kappa shape index (κ2) is 8.46. The summed E-state index contributed by atoms with van der Waals surface area (Å²) >= 11 is 1.39. The number of carbonyl (C=O) groups is 1. The maximum atomic E-state index is 13.5. The second-order valence-corrected chi connectivity index (χ2v) is 8.69. The number of thioether (sulfide) groups is 1. The van der Waals surface area contributed by atoms with Gasteiger partial charge in [-0.15, -0.1) is 11.8 Å². The predicted molar refractivity (Wildman–Crippen MR) is 116 cm³/mol. The van der Waals surface area contributed by atoms with Crippen molar-refractivity contribution in [2.75, 3.05) is 6.54 Å². The average Bonchev–Trinajstić information content (AvgIpc) is 2.90. The van der Waals surface area contributed by atoms with E-state index in [4.69, 9.17) is 0 Å². The quantitative estimate of drug-likeness (QED) is 0.617. The number of benzene rings is 1. The van der Waals surface area contributed by atoms with E-state index in [1.165, 1.54) is 23.9 Å². The van der Waals surface area contributed by atoms with Gasteiger partial charge in [-0.1, -0.05) is 6.07 Å². The van der Waals surface area contributed by atoms with Gasteiger partial charge < -0.3 is 9.88 Å². The number of nitrogens with zero attached hydrogens (tertiary/aromatic N) is 2. The maximum absolute atomic E-state index is 13.5. The van der Waals surface area contributed by atoms with Crippen molar-refractivity contribution in [1.29, 1.82) is 0 Å². The number of rotatable bonds is 3. The third-order valence-electron chi connectivity index (χ3n) is 5.29. The van der Waals surface area contributed by atoms with Gasteiger partial charge in [-0.25, -0.2) is 0 Å². The number of pyridine rings is 2. The van der Waals surface area contributed by atoms with Crippen LogP contribution in [0.15, 0.2) is 58.5 Å². The third kappa shape index (κ3) is 4.04. The Labute approximate surface area is 186 Å². The van der Waals surface area contributed by atoms with Crippen LogP contribution >= 0.6 is 11.8 Å². The Balaban J connectivity index is 2.04. The maximum Gasteiger partial charge on any atom is 0.416 e. The van der Waals surface area contributed by atoms with E-state index in [-0.39, 0.29) is 17.2 Å². The highest BCUT2D eigenvalue weighted by atomic mass is 32.2. The summed E-state index contributed by atoms with van der Waals surface area (Å²) in [4.78, 5) is 30.5. The van der Waals surface area contributed by atoms with E-state index in [9.17, 15) is 22.8 Å². The molecule has 0 bridgehead atoms. The molecule has 3 aromatic rings. The Morgan fingerprint density at radius 1 is 1.28 bits per heavy atom. The molecule has 166 valence electrons. The molecule has 1 amide bonds. The highest BCUT2D eigenvalue weighted by molar-refractivity contribution is 7.99. The molecule has 0 saturated carbocycles. The van der Waals surface area contributed by atoms with E-state index < -0.39 is 23.1 Å². The minimum Gasteiger partial charge on any atom is -0.352 e. The Kier molecular flexibility index (Phi) is 5.85. The van der Waals surface area contributed by atoms with Crippen molar-refractivity contribution in [1.82, 2.24) is 14.9 Å². The van der Waals surface area contributed by atoms with Crippen molar-refractivity contribution in [3.63, 3.8) is 0 Å². The first-order chi connectivity index (χ1) is 15.2. The first-order valence-electron chi connectivity index (χ1n) is 10.0. The molecule has 1 atom stereocenters. The Hall–Kier alpha value is -3.07. The fourth-order valence-electron chi connectivity index (χ4n) is 3.90. The zero-order chi connectivity index (χ0) is 23.0. The number of carbonyl (C=O) groups excluding carboxylic acids is 1. The summed E-state index contributed by atoms with van der Waals surface area (Å²) in [5.41, 5.74) is 0.718. The van der Waals surface area contributed by atoms with Crippen molar-refractivity contribution < 1.29 is 18.0 Å². The molecule has 9 heteroatoms. The van der Waals surface area contributed by atoms with Crippen molar-refractivity contribution >= 4 is 17.7 Å². The SMILES string of the molecule is CCNC(=O)c1c2n(c(C)cc1=O)-c1cc(C(F)(F)F)ccc1S[C@@H](c1cccnc1)C2. The van der Waals surface area contributed by atoms with Gasteiger partial charge in [0.25, 0.3) is 5.91 Å². The molecular formula is C23H20F3N3O2S. The molecule has 0 radical (unpaired) electrons. The first-order valence-corrected chi connectivity index (χ1v) is 10.9. The van der Waals surface area contributed by atoms with Crippen LogP contribution in [-0.4, -0.2) is 22.0 Å². The summed E-state index contributed by atoms with van der Waals surface area (Å²) in [6.07, 6.45) is -0.923. The standard InChI is InChI=1S/C23H20F3N3O2S/c1-3-28-22(31)21-17-11-20(14-5-4-8-27-12-14)32-19-7-6-15(23(24,25)26)10-16(19)29(17)13(2)9-18(21)30/h4-10,12,20H,3,11H2,1-2H3,(H,28,31)/t20-/m1/s1. The van der Waals surface area contributed by atoms with E-state index in [0.29, 0.717) is 28.5 Å². The highest BCUT2D eigenvalue weighted by Gasteiger charge is 2.34. The lowest BCUT2D eigenvalue weighted by atomic mass is 10.0. The summed E-state index contributed by atoms with van der Waals surface area (Å²) < 4.78 is 42.1. The molecule has 0 spiro atoms. The molecule has 1 aromatic carbocycles. The molecular weight excluding hydrogens is 439 g/mol. The van der Waals surface area contributed by atoms with E-state index in [2.05, 4.69) is 10.3 Å². The van der Waals surface area contributed by atoms with Crippen LogP contribution in [0.5, 0.6) is 0 Å². The average molecular weight is 459 g/mol. The normalized spacial score (nSPS) is 15.5. The van der Waals surface area contributed by atoms with Crippen LogP contribution in [0.4, 0.5) is 13.2 Å². The topological polar surface area (TPSA) is 64.0 Å². The van der Waals surface area contributed by atoms with Gasteiger partial charge in [0.15, 0.2) is 5.43 Å². The fraction of sp³-hybridized carbons (Fsp3) is 0.261. The number of fused-ring (bicyclic) bond motifs is 3. The number of hydrogen-bond donors (Lipinski definition) is 1. The van der Waals surface area contributed by atoms with Crippen LogP contribution in [0.25, 0.3) is 5.69 Å². The van der Waals surface area contributed by atoms with E-state index in [0.717, 1.165) is 17.7 Å². The van der Waals surface area contributed by atoms with Gasteiger partial charge in [0, 0.05) is 53.0 Å². The van der Waals surface area contributed by atoms with Crippen molar-refractivity contribution in [3.05, 3.63) is 87.1 Å². The summed E-state index contributed by atoms with van der Waals surface area (Å²) in [7, 11) is 0. The lowest BCUT2D eigenvalue weighted by molar-refractivity contribution is -0.137. The van der Waals surface area contributed by atoms with Crippen LogP contribution in [0.3, 0.4) is 0 Å². The highest BCUT2D eigenvalue weighted by Crippen LogP contribution is 2.45. The molecule has 3 heterocycles. The number of hydrogen-bond acceptors (Lipinski definition) is 4. The predicted octanol–water partition coefficient (Wildman–Crippen LogP) is 4.70. The molecule has 1 aliphatic rings. The number of aromatic nitrogens is 2. The van der Waals surface area contributed by atoms with Gasteiger partial charge in [-0.2, -0.15) is 13.2 Å². The van der Waals surface area contributed by atoms with Crippen LogP contribution in [0.1, 0.15) is 45.0 Å². The number of alkyl halides is 3. The fourth-order valence-corrected chi connectivity index (χ4v) is 5.15. The van der Waals surface area contributed by atoms with Crippen LogP contribution in [0.2, 0.25) is 0 Å². The van der Waals surface area contributed by atoms with Gasteiger partial charge >= 0.3 is 6.18 Å². The number of aryl methyl sites for hydroxylation is 1. The van der Waals surface area contributed by atoms with Gasteiger partial charge in [0.1, 0.15) is 5.56 Å². The minimum atomic E-state index is -4.52. The Morgan fingerprint density at radius 3 is 2.72 bits per heavy atom. The molecule has 1 aliphatic heterocycles. The molecule has 32 heavy (non-hydrogen) atoms. The van der Waals surface area contributed by atoms with Crippen LogP contribution in [-0.2, 0) is 12.6 Å². The zero-order valence-corrected chi connectivity index (χ0v) is 18.2. The lowest BCUT2D eigenvalue weighted by Gasteiger charge is -2.20. The van der Waals surface area contributed by atoms with Crippen molar-refractivity contribution in [3.8, 4) is 5.69 Å². The molecule has 0 saturated heterocycles. The molecule has 2 aromatic heterocycles. The lowest BCUT2D eigenvalue weighted by Crippen LogP contribution is -2.32. The van der Waals surface area contributed by atoms with E-state index in [1.807, 2.05) is 6.07 Å². The van der Waals surface area contributed by atoms with Gasteiger partial charge in [-0.05, 0) is 43.7 Å². The summed E-state index contributed by atoms with van der Waals surface area (Å²) in [6, 6.07) is 8.54. The molecule has 0 fully saturated rings. The largest absolute Gasteiger partial charge is 0.416 e. The zero-order valence-electron chi connectivity index (χ0n) is 17.4. The third-order valence-corrected chi connectivity index (χ3v) is 6.62.